The molecule has 1 aromatic carbocycles. The van der Waals surface area contributed by atoms with Crippen LogP contribution < -0.4 is 10.6 Å². The molecule has 0 spiro atoms. The van der Waals surface area contributed by atoms with Gasteiger partial charge in [0.1, 0.15) is 11.6 Å². The first-order chi connectivity index (χ1) is 10.3. The summed E-state index contributed by atoms with van der Waals surface area (Å²) in [4.78, 5) is 4.17. The Morgan fingerprint density at radius 1 is 1.10 bits per heavy atom. The van der Waals surface area contributed by atoms with Crippen molar-refractivity contribution in [2.24, 2.45) is 0 Å². The lowest BCUT2D eigenvalue weighted by molar-refractivity contribution is 0.628. The van der Waals surface area contributed by atoms with E-state index in [4.69, 9.17) is 5.26 Å². The van der Waals surface area contributed by atoms with E-state index in [1.807, 2.05) is 24.3 Å². The molecule has 0 aliphatic carbocycles. The van der Waals surface area contributed by atoms with Crippen LogP contribution in [0.5, 0.6) is 0 Å². The van der Waals surface area contributed by atoms with E-state index in [9.17, 15) is 4.39 Å². The normalized spacial score (nSPS) is 9.90. The second-order valence-corrected chi connectivity index (χ2v) is 4.58. The third-order valence-corrected chi connectivity index (χ3v) is 2.99. The fraction of sp³-hybridized carbons (Fsp3) is 0.250. The highest BCUT2D eigenvalue weighted by molar-refractivity contribution is 5.48. The molecule has 0 amide bonds. The number of nitrogens with one attached hydrogen (secondary N) is 2. The number of hydrogen-bond donors (Lipinski definition) is 2. The number of benzene rings is 1. The molecule has 21 heavy (non-hydrogen) atoms. The number of nitriles is 1. The lowest BCUT2D eigenvalue weighted by Gasteiger charge is -2.08. The molecular formula is C16H17FN4. The molecule has 0 aliphatic rings. The lowest BCUT2D eigenvalue weighted by Crippen LogP contribution is -2.08. The quantitative estimate of drug-likeness (QED) is 0.765. The number of unbranched alkanes of at least 4 members (excludes halogenated alkanes) is 1. The molecule has 0 bridgehead atoms. The van der Waals surface area contributed by atoms with E-state index in [2.05, 4.69) is 15.6 Å². The van der Waals surface area contributed by atoms with Crippen LogP contribution in [0.2, 0.25) is 0 Å². The molecule has 0 atom stereocenters. The van der Waals surface area contributed by atoms with Crippen molar-refractivity contribution in [2.45, 2.75) is 12.8 Å². The van der Waals surface area contributed by atoms with E-state index < -0.39 is 0 Å². The Kier molecular flexibility index (Phi) is 5.53. The standard InChI is InChI=1S/C16H17FN4/c17-14-11-13(12-18)6-7-15(14)19-8-3-4-10-21-16-5-1-2-9-20-16/h1-2,5-7,9,11,19H,3-4,8,10H2,(H,20,21). The van der Waals surface area contributed by atoms with Crippen molar-refractivity contribution in [3.8, 4) is 6.07 Å². The van der Waals surface area contributed by atoms with Crippen molar-refractivity contribution in [2.75, 3.05) is 23.7 Å². The highest BCUT2D eigenvalue weighted by atomic mass is 19.1. The van der Waals surface area contributed by atoms with Gasteiger partial charge in [0.15, 0.2) is 0 Å². The summed E-state index contributed by atoms with van der Waals surface area (Å²) in [7, 11) is 0. The maximum Gasteiger partial charge on any atom is 0.147 e. The van der Waals surface area contributed by atoms with E-state index in [0.717, 1.165) is 25.2 Å². The predicted molar refractivity (Wildman–Crippen MR) is 81.6 cm³/mol. The van der Waals surface area contributed by atoms with Crippen molar-refractivity contribution in [3.05, 3.63) is 54.0 Å². The van der Waals surface area contributed by atoms with E-state index in [-0.39, 0.29) is 5.82 Å². The Labute approximate surface area is 123 Å². The van der Waals surface area contributed by atoms with Gasteiger partial charge in [-0.25, -0.2) is 9.37 Å². The minimum atomic E-state index is -0.388. The van der Waals surface area contributed by atoms with Crippen LogP contribution in [-0.2, 0) is 0 Å². The van der Waals surface area contributed by atoms with Crippen molar-refractivity contribution in [3.63, 3.8) is 0 Å². The Hall–Kier alpha value is -2.61. The van der Waals surface area contributed by atoms with Gasteiger partial charge in [-0.15, -0.1) is 0 Å². The number of halogens is 1. The molecule has 0 saturated carbocycles. The van der Waals surface area contributed by atoms with Crippen LogP contribution >= 0.6 is 0 Å². The van der Waals surface area contributed by atoms with Gasteiger partial charge >= 0.3 is 0 Å². The van der Waals surface area contributed by atoms with E-state index in [0.29, 0.717) is 17.8 Å². The molecule has 5 heteroatoms. The van der Waals surface area contributed by atoms with Crippen LogP contribution in [0, 0.1) is 17.1 Å². The van der Waals surface area contributed by atoms with Gasteiger partial charge in [-0.2, -0.15) is 5.26 Å². The maximum atomic E-state index is 13.6. The average Bonchev–Trinajstić information content (AvgIpc) is 2.53. The highest BCUT2D eigenvalue weighted by Gasteiger charge is 2.02. The molecule has 0 aliphatic heterocycles. The Morgan fingerprint density at radius 3 is 2.57 bits per heavy atom. The summed E-state index contributed by atoms with van der Waals surface area (Å²) in [5.41, 5.74) is 0.768. The first kappa shape index (κ1) is 14.8. The monoisotopic (exact) mass is 284 g/mol. The van der Waals surface area contributed by atoms with Gasteiger partial charge in [-0.05, 0) is 43.2 Å². The van der Waals surface area contributed by atoms with Crippen molar-refractivity contribution in [1.29, 1.82) is 5.26 Å². The molecule has 0 fully saturated rings. The number of rotatable bonds is 7. The zero-order valence-corrected chi connectivity index (χ0v) is 11.6. The second-order valence-electron chi connectivity index (χ2n) is 4.58. The molecule has 1 aromatic heterocycles. The summed E-state index contributed by atoms with van der Waals surface area (Å²) in [6.45, 7) is 1.52. The molecule has 0 radical (unpaired) electrons. The van der Waals surface area contributed by atoms with Gasteiger partial charge in [-0.3, -0.25) is 0 Å². The largest absolute Gasteiger partial charge is 0.383 e. The van der Waals surface area contributed by atoms with Gasteiger partial charge < -0.3 is 10.6 Å². The summed E-state index contributed by atoms with van der Waals surface area (Å²) < 4.78 is 13.6. The van der Waals surface area contributed by atoms with Gasteiger partial charge in [0.25, 0.3) is 0 Å². The van der Waals surface area contributed by atoms with Crippen LogP contribution in [0.3, 0.4) is 0 Å². The first-order valence-corrected chi connectivity index (χ1v) is 6.88. The van der Waals surface area contributed by atoms with Crippen molar-refractivity contribution >= 4 is 11.5 Å². The SMILES string of the molecule is N#Cc1ccc(NCCCCNc2ccccn2)c(F)c1. The van der Waals surface area contributed by atoms with Crippen LogP contribution in [0.15, 0.2) is 42.6 Å². The molecule has 1 heterocycles. The predicted octanol–water partition coefficient (Wildman–Crippen LogP) is 3.40. The Bertz CT molecular complexity index is 607. The molecule has 0 unspecified atom stereocenters. The smallest absolute Gasteiger partial charge is 0.147 e. The molecular weight excluding hydrogens is 267 g/mol. The zero-order valence-electron chi connectivity index (χ0n) is 11.6. The van der Waals surface area contributed by atoms with Gasteiger partial charge in [0.05, 0.1) is 17.3 Å². The molecule has 2 rings (SSSR count). The number of aromatic nitrogens is 1. The minimum Gasteiger partial charge on any atom is -0.383 e. The first-order valence-electron chi connectivity index (χ1n) is 6.88. The number of anilines is 2. The maximum absolute atomic E-state index is 13.6. The van der Waals surface area contributed by atoms with Crippen LogP contribution in [0.4, 0.5) is 15.9 Å². The van der Waals surface area contributed by atoms with Crippen molar-refractivity contribution < 1.29 is 4.39 Å². The third kappa shape index (κ3) is 4.77. The Balaban J connectivity index is 1.65. The number of pyridine rings is 1. The number of hydrogen-bond acceptors (Lipinski definition) is 4. The summed E-state index contributed by atoms with van der Waals surface area (Å²) in [5, 5.41) is 14.9. The summed E-state index contributed by atoms with van der Waals surface area (Å²) in [5.74, 6) is 0.476. The molecule has 2 aromatic rings. The second kappa shape index (κ2) is 7.85. The topological polar surface area (TPSA) is 60.7 Å². The molecule has 4 nitrogen and oxygen atoms in total. The van der Waals surface area contributed by atoms with Crippen LogP contribution in [0.25, 0.3) is 0 Å². The number of nitrogens with zero attached hydrogens (tertiary/aromatic N) is 2. The minimum absolute atomic E-state index is 0.331. The summed E-state index contributed by atoms with van der Waals surface area (Å²) in [6, 6.07) is 12.1. The van der Waals surface area contributed by atoms with E-state index in [1.54, 1.807) is 18.3 Å². The van der Waals surface area contributed by atoms with E-state index in [1.165, 1.54) is 6.07 Å². The fourth-order valence-electron chi connectivity index (χ4n) is 1.88. The van der Waals surface area contributed by atoms with Gasteiger partial charge in [-0.1, -0.05) is 6.07 Å². The van der Waals surface area contributed by atoms with Crippen molar-refractivity contribution in [1.82, 2.24) is 4.98 Å². The fourth-order valence-corrected chi connectivity index (χ4v) is 1.88. The lowest BCUT2D eigenvalue weighted by atomic mass is 10.2. The van der Waals surface area contributed by atoms with Gasteiger partial charge in [0, 0.05) is 19.3 Å². The van der Waals surface area contributed by atoms with Crippen LogP contribution in [-0.4, -0.2) is 18.1 Å². The Morgan fingerprint density at radius 2 is 1.90 bits per heavy atom. The van der Waals surface area contributed by atoms with Gasteiger partial charge in [0.2, 0.25) is 0 Å². The summed E-state index contributed by atoms with van der Waals surface area (Å²) >= 11 is 0. The average molecular weight is 284 g/mol. The highest BCUT2D eigenvalue weighted by Crippen LogP contribution is 2.15. The third-order valence-electron chi connectivity index (χ3n) is 2.99. The summed E-state index contributed by atoms with van der Waals surface area (Å²) in [6.07, 6.45) is 3.62. The molecule has 2 N–H and O–H groups in total. The zero-order chi connectivity index (χ0) is 14.9. The molecule has 0 saturated heterocycles. The van der Waals surface area contributed by atoms with Crippen LogP contribution in [0.1, 0.15) is 18.4 Å². The van der Waals surface area contributed by atoms with E-state index >= 15 is 0 Å². The molecule has 108 valence electrons.